The van der Waals surface area contributed by atoms with Crippen LogP contribution in [0.3, 0.4) is 0 Å². The van der Waals surface area contributed by atoms with Crippen LogP contribution >= 0.6 is 0 Å². The number of hydrogen-bond acceptors (Lipinski definition) is 3. The fraction of sp³-hybridized carbons (Fsp3) is 0.600. The van der Waals surface area contributed by atoms with Crippen molar-refractivity contribution in [2.24, 2.45) is 0 Å². The lowest BCUT2D eigenvalue weighted by atomic mass is 9.99. The summed E-state index contributed by atoms with van der Waals surface area (Å²) in [5, 5.41) is 3.45. The molecule has 0 spiro atoms. The molecule has 0 radical (unpaired) electrons. The molecule has 1 aliphatic rings. The molecule has 0 saturated carbocycles. The topological polar surface area (TPSA) is 30.5 Å². The standard InChI is InChI=1S/C15H22FNO2/c1-10(16)11-7-12(8-13-5-4-6-17-13)15(19-3)14(9-11)18-2/h7,9-10,13,17H,4-6,8H2,1-3H3. The molecule has 1 aromatic carbocycles. The molecule has 0 aromatic heterocycles. The Balaban J connectivity index is 2.34. The van der Waals surface area contributed by atoms with Gasteiger partial charge in [-0.1, -0.05) is 0 Å². The molecule has 3 nitrogen and oxygen atoms in total. The van der Waals surface area contributed by atoms with Gasteiger partial charge in [-0.15, -0.1) is 0 Å². The summed E-state index contributed by atoms with van der Waals surface area (Å²) in [6, 6.07) is 4.06. The predicted molar refractivity (Wildman–Crippen MR) is 73.8 cm³/mol. The van der Waals surface area contributed by atoms with Crippen LogP contribution in [0.25, 0.3) is 0 Å². The Morgan fingerprint density at radius 3 is 2.68 bits per heavy atom. The zero-order chi connectivity index (χ0) is 13.8. The molecule has 1 aliphatic heterocycles. The van der Waals surface area contributed by atoms with Gasteiger partial charge < -0.3 is 14.8 Å². The van der Waals surface area contributed by atoms with Crippen LogP contribution in [0.15, 0.2) is 12.1 Å². The first-order valence-electron chi connectivity index (χ1n) is 6.78. The largest absolute Gasteiger partial charge is 0.493 e. The molecule has 1 aromatic rings. The van der Waals surface area contributed by atoms with Crippen molar-refractivity contribution < 1.29 is 13.9 Å². The molecule has 1 heterocycles. The lowest BCUT2D eigenvalue weighted by molar-refractivity contribution is 0.342. The molecule has 1 fully saturated rings. The van der Waals surface area contributed by atoms with E-state index in [1.807, 2.05) is 6.07 Å². The maximum atomic E-state index is 13.6. The van der Waals surface area contributed by atoms with Crippen molar-refractivity contribution in [3.63, 3.8) is 0 Å². The van der Waals surface area contributed by atoms with Crippen molar-refractivity contribution in [3.8, 4) is 11.5 Å². The SMILES string of the molecule is COc1cc(C(C)F)cc(CC2CCCN2)c1OC. The van der Waals surface area contributed by atoms with Crippen LogP contribution in [0.4, 0.5) is 4.39 Å². The van der Waals surface area contributed by atoms with Crippen LogP contribution in [0.2, 0.25) is 0 Å². The van der Waals surface area contributed by atoms with Gasteiger partial charge in [-0.3, -0.25) is 0 Å². The molecule has 2 atom stereocenters. The van der Waals surface area contributed by atoms with Crippen molar-refractivity contribution >= 4 is 0 Å². The van der Waals surface area contributed by atoms with E-state index in [9.17, 15) is 4.39 Å². The average Bonchev–Trinajstić information content (AvgIpc) is 2.90. The fourth-order valence-corrected chi connectivity index (χ4v) is 2.64. The minimum Gasteiger partial charge on any atom is -0.493 e. The minimum atomic E-state index is -1.00. The van der Waals surface area contributed by atoms with E-state index >= 15 is 0 Å². The zero-order valence-electron chi connectivity index (χ0n) is 11.8. The highest BCUT2D eigenvalue weighted by Crippen LogP contribution is 2.36. The van der Waals surface area contributed by atoms with Crippen molar-refractivity contribution in [2.75, 3.05) is 20.8 Å². The minimum absolute atomic E-state index is 0.448. The molecular formula is C15H22FNO2. The first kappa shape index (κ1) is 14.1. The molecule has 1 N–H and O–H groups in total. The zero-order valence-corrected chi connectivity index (χ0v) is 11.8. The molecule has 2 unspecified atom stereocenters. The quantitative estimate of drug-likeness (QED) is 0.889. The second-order valence-electron chi connectivity index (χ2n) is 5.03. The number of nitrogens with one attached hydrogen (secondary N) is 1. The molecule has 0 amide bonds. The molecule has 19 heavy (non-hydrogen) atoms. The summed E-state index contributed by atoms with van der Waals surface area (Å²) in [6.45, 7) is 2.60. The van der Waals surface area contributed by atoms with Gasteiger partial charge in [0, 0.05) is 6.04 Å². The van der Waals surface area contributed by atoms with E-state index < -0.39 is 6.17 Å². The number of ether oxygens (including phenoxy) is 2. The molecule has 2 rings (SSSR count). The number of hydrogen-bond donors (Lipinski definition) is 1. The fourth-order valence-electron chi connectivity index (χ4n) is 2.64. The Bertz CT molecular complexity index is 428. The molecular weight excluding hydrogens is 245 g/mol. The summed E-state index contributed by atoms with van der Waals surface area (Å²) < 4.78 is 24.3. The number of methoxy groups -OCH3 is 2. The predicted octanol–water partition coefficient (Wildman–Crippen LogP) is 3.03. The van der Waals surface area contributed by atoms with E-state index in [4.69, 9.17) is 9.47 Å². The Morgan fingerprint density at radius 2 is 2.16 bits per heavy atom. The highest BCUT2D eigenvalue weighted by Gasteiger charge is 2.20. The Hall–Kier alpha value is -1.29. The smallest absolute Gasteiger partial charge is 0.163 e. The van der Waals surface area contributed by atoms with Gasteiger partial charge >= 0.3 is 0 Å². The summed E-state index contributed by atoms with van der Waals surface area (Å²) in [5.74, 6) is 1.33. The molecule has 106 valence electrons. The highest BCUT2D eigenvalue weighted by molar-refractivity contribution is 5.50. The molecule has 0 aliphatic carbocycles. The number of halogens is 1. The van der Waals surface area contributed by atoms with Crippen molar-refractivity contribution in [2.45, 2.75) is 38.4 Å². The summed E-state index contributed by atoms with van der Waals surface area (Å²) in [6.07, 6.45) is 2.19. The Kier molecular flexibility index (Phi) is 4.64. The van der Waals surface area contributed by atoms with Crippen molar-refractivity contribution in [1.82, 2.24) is 5.32 Å². The van der Waals surface area contributed by atoms with Crippen LogP contribution in [0.5, 0.6) is 11.5 Å². The third-order valence-corrected chi connectivity index (χ3v) is 3.67. The van der Waals surface area contributed by atoms with Crippen molar-refractivity contribution in [3.05, 3.63) is 23.3 Å². The highest BCUT2D eigenvalue weighted by atomic mass is 19.1. The first-order chi connectivity index (χ1) is 9.15. The van der Waals surface area contributed by atoms with Crippen LogP contribution in [-0.2, 0) is 6.42 Å². The lowest BCUT2D eigenvalue weighted by Crippen LogP contribution is -2.24. The van der Waals surface area contributed by atoms with Crippen molar-refractivity contribution in [1.29, 1.82) is 0 Å². The number of rotatable bonds is 5. The van der Waals surface area contributed by atoms with Gasteiger partial charge in [0.25, 0.3) is 0 Å². The lowest BCUT2D eigenvalue weighted by Gasteiger charge is -2.18. The van der Waals surface area contributed by atoms with E-state index in [1.165, 1.54) is 6.42 Å². The molecule has 0 bridgehead atoms. The van der Waals surface area contributed by atoms with E-state index in [0.29, 0.717) is 17.4 Å². The number of benzene rings is 1. The summed E-state index contributed by atoms with van der Waals surface area (Å²) in [5.41, 5.74) is 1.66. The summed E-state index contributed by atoms with van der Waals surface area (Å²) in [4.78, 5) is 0. The Morgan fingerprint density at radius 1 is 1.37 bits per heavy atom. The van der Waals surface area contributed by atoms with Gasteiger partial charge in [-0.05, 0) is 56.0 Å². The van der Waals surface area contributed by atoms with E-state index in [-0.39, 0.29) is 0 Å². The monoisotopic (exact) mass is 267 g/mol. The van der Waals surface area contributed by atoms with Gasteiger partial charge in [0.05, 0.1) is 14.2 Å². The van der Waals surface area contributed by atoms with Crippen LogP contribution < -0.4 is 14.8 Å². The van der Waals surface area contributed by atoms with Gasteiger partial charge in [-0.25, -0.2) is 4.39 Å². The van der Waals surface area contributed by atoms with E-state index in [1.54, 1.807) is 27.2 Å². The van der Waals surface area contributed by atoms with Gasteiger partial charge in [0.2, 0.25) is 0 Å². The van der Waals surface area contributed by atoms with Crippen LogP contribution in [0, 0.1) is 0 Å². The molecule has 1 saturated heterocycles. The maximum absolute atomic E-state index is 13.6. The third kappa shape index (κ3) is 3.18. The van der Waals surface area contributed by atoms with E-state index in [2.05, 4.69) is 5.32 Å². The first-order valence-corrected chi connectivity index (χ1v) is 6.78. The van der Waals surface area contributed by atoms with E-state index in [0.717, 1.165) is 30.7 Å². The summed E-state index contributed by atoms with van der Waals surface area (Å²) >= 11 is 0. The summed E-state index contributed by atoms with van der Waals surface area (Å²) in [7, 11) is 3.21. The van der Waals surface area contributed by atoms with Gasteiger partial charge in [-0.2, -0.15) is 0 Å². The second kappa shape index (κ2) is 6.24. The average molecular weight is 267 g/mol. The van der Waals surface area contributed by atoms with Gasteiger partial charge in [0.1, 0.15) is 6.17 Å². The third-order valence-electron chi connectivity index (χ3n) is 3.67. The molecule has 4 heteroatoms. The normalized spacial score (nSPS) is 20.3. The van der Waals surface area contributed by atoms with Crippen LogP contribution in [-0.4, -0.2) is 26.8 Å². The number of alkyl halides is 1. The maximum Gasteiger partial charge on any atom is 0.163 e. The van der Waals surface area contributed by atoms with Gasteiger partial charge in [0.15, 0.2) is 11.5 Å². The van der Waals surface area contributed by atoms with Crippen LogP contribution in [0.1, 0.15) is 37.1 Å². The Labute approximate surface area is 114 Å². The second-order valence-corrected chi connectivity index (χ2v) is 5.03.